The molecular formula is C24H20FNO5. The predicted octanol–water partition coefficient (Wildman–Crippen LogP) is 4.20. The van der Waals surface area contributed by atoms with Gasteiger partial charge in [-0.1, -0.05) is 54.6 Å². The van der Waals surface area contributed by atoms with Gasteiger partial charge in [-0.05, 0) is 34.4 Å². The second kappa shape index (κ2) is 8.87. The molecule has 0 unspecified atom stereocenters. The van der Waals surface area contributed by atoms with E-state index in [4.69, 9.17) is 9.47 Å². The Morgan fingerprint density at radius 3 is 2.23 bits per heavy atom. The molecule has 6 nitrogen and oxygen atoms in total. The summed E-state index contributed by atoms with van der Waals surface area (Å²) in [4.78, 5) is 23.8. The van der Waals surface area contributed by atoms with Crippen LogP contribution in [0.3, 0.4) is 0 Å². The van der Waals surface area contributed by atoms with E-state index in [1.807, 2.05) is 48.5 Å². The van der Waals surface area contributed by atoms with Crippen molar-refractivity contribution in [2.45, 2.75) is 12.0 Å². The van der Waals surface area contributed by atoms with E-state index in [2.05, 4.69) is 5.32 Å². The van der Waals surface area contributed by atoms with Crippen LogP contribution in [-0.2, 0) is 9.53 Å². The quantitative estimate of drug-likeness (QED) is 0.597. The predicted molar refractivity (Wildman–Crippen MR) is 112 cm³/mol. The van der Waals surface area contributed by atoms with E-state index in [0.29, 0.717) is 0 Å². The third-order valence-corrected chi connectivity index (χ3v) is 5.15. The molecule has 2 N–H and O–H groups in total. The topological polar surface area (TPSA) is 84.9 Å². The average Bonchev–Trinajstić information content (AvgIpc) is 3.09. The monoisotopic (exact) mass is 421 g/mol. The Morgan fingerprint density at radius 1 is 0.968 bits per heavy atom. The molecular weight excluding hydrogens is 401 g/mol. The molecule has 3 aromatic carbocycles. The van der Waals surface area contributed by atoms with Gasteiger partial charge in [-0.2, -0.15) is 0 Å². The van der Waals surface area contributed by atoms with Crippen LogP contribution >= 0.6 is 0 Å². The molecule has 158 valence electrons. The van der Waals surface area contributed by atoms with E-state index in [1.54, 1.807) is 0 Å². The molecule has 0 fully saturated rings. The summed E-state index contributed by atoms with van der Waals surface area (Å²) in [5.41, 5.74) is 4.31. The number of rotatable bonds is 7. The van der Waals surface area contributed by atoms with Crippen molar-refractivity contribution in [1.29, 1.82) is 0 Å². The van der Waals surface area contributed by atoms with Crippen LogP contribution in [0.1, 0.15) is 17.0 Å². The number of aliphatic carboxylic acids is 1. The van der Waals surface area contributed by atoms with Crippen LogP contribution in [0, 0.1) is 5.82 Å². The molecule has 0 spiro atoms. The van der Waals surface area contributed by atoms with Crippen LogP contribution < -0.4 is 10.1 Å². The number of benzene rings is 3. The highest BCUT2D eigenvalue weighted by Gasteiger charge is 2.29. The van der Waals surface area contributed by atoms with E-state index < -0.39 is 23.9 Å². The number of carbonyl (C=O) groups excluding carboxylic acids is 1. The summed E-state index contributed by atoms with van der Waals surface area (Å²) in [5, 5.41) is 11.7. The fourth-order valence-corrected chi connectivity index (χ4v) is 3.69. The summed E-state index contributed by atoms with van der Waals surface area (Å²) in [6, 6.07) is 19.8. The van der Waals surface area contributed by atoms with Gasteiger partial charge in [-0.3, -0.25) is 0 Å². The van der Waals surface area contributed by atoms with Crippen molar-refractivity contribution >= 4 is 12.1 Å². The van der Waals surface area contributed by atoms with Gasteiger partial charge in [0.2, 0.25) is 0 Å². The standard InChI is InChI=1S/C24H20FNO5/c25-15-6-5-7-16(12-15)30-14-22(23(27)28)26-24(29)31-13-21-19-10-3-1-8-17(19)18-9-2-4-11-20(18)21/h1-12,21-22H,13-14H2,(H,26,29)(H,27,28)/t22-/m0/s1. The number of hydrogen-bond donors (Lipinski definition) is 2. The van der Waals surface area contributed by atoms with Crippen molar-refractivity contribution in [3.05, 3.63) is 89.7 Å². The number of carboxylic acids is 1. The molecule has 0 radical (unpaired) electrons. The van der Waals surface area contributed by atoms with Gasteiger partial charge in [0.15, 0.2) is 6.04 Å². The molecule has 0 saturated heterocycles. The van der Waals surface area contributed by atoms with Crippen LogP contribution in [0.2, 0.25) is 0 Å². The number of ether oxygens (including phenoxy) is 2. The van der Waals surface area contributed by atoms with Crippen LogP contribution in [0.15, 0.2) is 72.8 Å². The van der Waals surface area contributed by atoms with Gasteiger partial charge in [0.25, 0.3) is 0 Å². The van der Waals surface area contributed by atoms with E-state index in [9.17, 15) is 19.1 Å². The van der Waals surface area contributed by atoms with E-state index in [1.165, 1.54) is 18.2 Å². The average molecular weight is 421 g/mol. The largest absolute Gasteiger partial charge is 0.491 e. The van der Waals surface area contributed by atoms with Crippen molar-refractivity contribution in [3.63, 3.8) is 0 Å². The first-order valence-electron chi connectivity index (χ1n) is 9.75. The maximum Gasteiger partial charge on any atom is 0.407 e. The summed E-state index contributed by atoms with van der Waals surface area (Å²) in [6.45, 7) is -0.306. The van der Waals surface area contributed by atoms with Crippen molar-refractivity contribution < 1.29 is 28.6 Å². The second-order valence-electron chi connectivity index (χ2n) is 7.13. The Bertz CT molecular complexity index is 1070. The minimum Gasteiger partial charge on any atom is -0.491 e. The fourth-order valence-electron chi connectivity index (χ4n) is 3.69. The number of carboxylic acid groups (broad SMARTS) is 1. The highest BCUT2D eigenvalue weighted by Crippen LogP contribution is 2.44. The second-order valence-corrected chi connectivity index (χ2v) is 7.13. The zero-order chi connectivity index (χ0) is 21.8. The molecule has 3 aromatic rings. The van der Waals surface area contributed by atoms with Crippen molar-refractivity contribution in [1.82, 2.24) is 5.32 Å². The highest BCUT2D eigenvalue weighted by molar-refractivity contribution is 5.81. The minimum absolute atomic E-state index is 0.0664. The van der Waals surface area contributed by atoms with Crippen LogP contribution in [0.5, 0.6) is 5.75 Å². The Labute approximate surface area is 178 Å². The van der Waals surface area contributed by atoms with Crippen molar-refractivity contribution in [3.8, 4) is 16.9 Å². The number of alkyl carbamates (subject to hydrolysis) is 1. The van der Waals surface area contributed by atoms with E-state index >= 15 is 0 Å². The van der Waals surface area contributed by atoms with Gasteiger partial charge in [0, 0.05) is 12.0 Å². The number of hydrogen-bond acceptors (Lipinski definition) is 4. The summed E-state index contributed by atoms with van der Waals surface area (Å²) in [5.74, 6) is -1.76. The van der Waals surface area contributed by atoms with Crippen LogP contribution in [0.4, 0.5) is 9.18 Å². The number of halogens is 1. The lowest BCUT2D eigenvalue weighted by Crippen LogP contribution is -2.45. The smallest absolute Gasteiger partial charge is 0.407 e. The summed E-state index contributed by atoms with van der Waals surface area (Å²) < 4.78 is 23.9. The zero-order valence-electron chi connectivity index (χ0n) is 16.5. The number of carbonyl (C=O) groups is 2. The number of nitrogens with one attached hydrogen (secondary N) is 1. The van der Waals surface area contributed by atoms with E-state index in [-0.39, 0.29) is 24.9 Å². The maximum absolute atomic E-state index is 13.2. The lowest BCUT2D eigenvalue weighted by atomic mass is 9.98. The molecule has 1 atom stereocenters. The Hall–Kier alpha value is -3.87. The molecule has 0 saturated carbocycles. The molecule has 7 heteroatoms. The zero-order valence-corrected chi connectivity index (χ0v) is 16.5. The van der Waals surface area contributed by atoms with Gasteiger partial charge >= 0.3 is 12.1 Å². The number of amides is 1. The molecule has 1 amide bonds. The maximum atomic E-state index is 13.2. The Kier molecular flexibility index (Phi) is 5.84. The SMILES string of the molecule is O=C(N[C@@H](COc1cccc(F)c1)C(=O)O)OCC1c2ccccc2-c2ccccc21. The summed E-state index contributed by atoms with van der Waals surface area (Å²) in [7, 11) is 0. The molecule has 0 aliphatic heterocycles. The normalized spacial score (nSPS) is 13.1. The van der Waals surface area contributed by atoms with Crippen LogP contribution in [-0.4, -0.2) is 36.4 Å². The minimum atomic E-state index is -1.35. The molecule has 1 aliphatic rings. The molecule has 4 rings (SSSR count). The first-order valence-corrected chi connectivity index (χ1v) is 9.75. The highest BCUT2D eigenvalue weighted by atomic mass is 19.1. The first-order chi connectivity index (χ1) is 15.0. The lowest BCUT2D eigenvalue weighted by Gasteiger charge is -2.18. The molecule has 1 aliphatic carbocycles. The Balaban J connectivity index is 1.38. The summed E-state index contributed by atoms with van der Waals surface area (Å²) in [6.07, 6.45) is -0.864. The summed E-state index contributed by atoms with van der Waals surface area (Å²) >= 11 is 0. The van der Waals surface area contributed by atoms with Crippen LogP contribution in [0.25, 0.3) is 11.1 Å². The third kappa shape index (κ3) is 4.50. The fraction of sp³-hybridized carbons (Fsp3) is 0.167. The Morgan fingerprint density at radius 2 is 1.61 bits per heavy atom. The van der Waals surface area contributed by atoms with Gasteiger partial charge < -0.3 is 19.9 Å². The van der Waals surface area contributed by atoms with E-state index in [0.717, 1.165) is 28.3 Å². The van der Waals surface area contributed by atoms with Gasteiger partial charge in [-0.25, -0.2) is 14.0 Å². The van der Waals surface area contributed by atoms with Crippen molar-refractivity contribution in [2.75, 3.05) is 13.2 Å². The number of fused-ring (bicyclic) bond motifs is 3. The lowest BCUT2D eigenvalue weighted by molar-refractivity contribution is -0.140. The van der Waals surface area contributed by atoms with Gasteiger partial charge in [0.05, 0.1) is 0 Å². The molecule has 31 heavy (non-hydrogen) atoms. The third-order valence-electron chi connectivity index (χ3n) is 5.15. The van der Waals surface area contributed by atoms with Gasteiger partial charge in [-0.15, -0.1) is 0 Å². The molecule has 0 heterocycles. The molecule has 0 bridgehead atoms. The van der Waals surface area contributed by atoms with Crippen molar-refractivity contribution in [2.24, 2.45) is 0 Å². The first kappa shape index (κ1) is 20.4. The molecule has 0 aromatic heterocycles. The van der Waals surface area contributed by atoms with Gasteiger partial charge in [0.1, 0.15) is 24.8 Å².